The van der Waals surface area contributed by atoms with Gasteiger partial charge in [0.15, 0.2) is 0 Å². The number of halogens is 1. The van der Waals surface area contributed by atoms with E-state index in [1.807, 2.05) is 0 Å². The highest BCUT2D eigenvalue weighted by Crippen LogP contribution is 2.32. The molecule has 0 atom stereocenters. The van der Waals surface area contributed by atoms with E-state index in [2.05, 4.69) is 4.90 Å². The lowest BCUT2D eigenvalue weighted by atomic mass is 10.1. The minimum atomic E-state index is -0.429. The first-order chi connectivity index (χ1) is 8.63. The zero-order valence-corrected chi connectivity index (χ0v) is 11.2. The average Bonchev–Trinajstić information content (AvgIpc) is 2.85. The van der Waals surface area contributed by atoms with Gasteiger partial charge in [0.1, 0.15) is 0 Å². The molecule has 0 aliphatic carbocycles. The Hall–Kier alpha value is -1.42. The smallest absolute Gasteiger partial charge is 0.339 e. The van der Waals surface area contributed by atoms with Crippen molar-refractivity contribution >= 4 is 28.9 Å². The first-order valence-electron chi connectivity index (χ1n) is 6.14. The fourth-order valence-electron chi connectivity index (χ4n) is 2.18. The van der Waals surface area contributed by atoms with E-state index in [-0.39, 0.29) is 0 Å². The van der Waals surface area contributed by atoms with Crippen LogP contribution in [-0.4, -0.2) is 25.7 Å². The van der Waals surface area contributed by atoms with Crippen LogP contribution in [0.2, 0.25) is 5.02 Å². The average molecular weight is 269 g/mol. The largest absolute Gasteiger partial charge is 0.462 e. The summed E-state index contributed by atoms with van der Waals surface area (Å²) in [5.74, 6) is -0.429. The molecule has 2 rings (SSSR count). The zero-order valence-electron chi connectivity index (χ0n) is 10.4. The van der Waals surface area contributed by atoms with Gasteiger partial charge in [0.2, 0.25) is 0 Å². The van der Waals surface area contributed by atoms with Crippen LogP contribution >= 0.6 is 11.6 Å². The number of rotatable bonds is 3. The summed E-state index contributed by atoms with van der Waals surface area (Å²) in [5.41, 5.74) is 7.81. The fourth-order valence-corrected chi connectivity index (χ4v) is 2.41. The van der Waals surface area contributed by atoms with Gasteiger partial charge < -0.3 is 15.4 Å². The highest BCUT2D eigenvalue weighted by molar-refractivity contribution is 6.34. The molecule has 98 valence electrons. The maximum Gasteiger partial charge on any atom is 0.339 e. The third kappa shape index (κ3) is 2.53. The predicted molar refractivity (Wildman–Crippen MR) is 73.3 cm³/mol. The maximum absolute atomic E-state index is 11.7. The molecule has 0 bridgehead atoms. The van der Waals surface area contributed by atoms with Crippen LogP contribution < -0.4 is 10.6 Å². The van der Waals surface area contributed by atoms with E-state index in [1.165, 1.54) is 0 Å². The number of carbonyl (C=O) groups excluding carboxylic acids is 1. The highest BCUT2D eigenvalue weighted by Gasteiger charge is 2.19. The topological polar surface area (TPSA) is 55.6 Å². The molecule has 1 fully saturated rings. The lowest BCUT2D eigenvalue weighted by molar-refractivity contribution is 0.0526. The van der Waals surface area contributed by atoms with E-state index in [0.717, 1.165) is 31.6 Å². The molecule has 0 saturated carbocycles. The molecular formula is C13H17ClN2O2. The molecule has 1 aliphatic heterocycles. The first kappa shape index (κ1) is 13.0. The molecule has 1 saturated heterocycles. The molecule has 0 amide bonds. The molecule has 1 aromatic rings. The normalized spacial score (nSPS) is 14.9. The van der Waals surface area contributed by atoms with Gasteiger partial charge in [0.05, 0.1) is 28.6 Å². The Balaban J connectivity index is 2.31. The van der Waals surface area contributed by atoms with Crippen LogP contribution in [0.4, 0.5) is 11.4 Å². The monoisotopic (exact) mass is 268 g/mol. The number of anilines is 2. The molecule has 18 heavy (non-hydrogen) atoms. The third-order valence-electron chi connectivity index (χ3n) is 3.06. The second kappa shape index (κ2) is 5.48. The molecule has 1 aromatic carbocycles. The van der Waals surface area contributed by atoms with Crippen LogP contribution in [-0.2, 0) is 4.74 Å². The number of hydrogen-bond donors (Lipinski definition) is 1. The molecule has 0 spiro atoms. The van der Waals surface area contributed by atoms with Crippen LogP contribution in [0.15, 0.2) is 12.1 Å². The second-order valence-corrected chi connectivity index (χ2v) is 4.71. The van der Waals surface area contributed by atoms with Crippen molar-refractivity contribution in [2.75, 3.05) is 30.3 Å². The Kier molecular flexibility index (Phi) is 3.97. The van der Waals surface area contributed by atoms with E-state index >= 15 is 0 Å². The van der Waals surface area contributed by atoms with Gasteiger partial charge in [-0.2, -0.15) is 0 Å². The molecule has 1 aliphatic rings. The van der Waals surface area contributed by atoms with Crippen LogP contribution in [0.5, 0.6) is 0 Å². The van der Waals surface area contributed by atoms with E-state index < -0.39 is 5.97 Å². The summed E-state index contributed by atoms with van der Waals surface area (Å²) in [6, 6.07) is 3.36. The van der Waals surface area contributed by atoms with Crippen molar-refractivity contribution in [2.45, 2.75) is 19.8 Å². The number of nitrogens with two attached hydrogens (primary N) is 1. The molecule has 0 radical (unpaired) electrons. The molecule has 5 heteroatoms. The number of benzene rings is 1. The number of ether oxygens (including phenoxy) is 1. The summed E-state index contributed by atoms with van der Waals surface area (Å²) in [6.45, 7) is 4.05. The molecular weight excluding hydrogens is 252 g/mol. The lowest BCUT2D eigenvalue weighted by Crippen LogP contribution is -2.19. The van der Waals surface area contributed by atoms with Crippen molar-refractivity contribution < 1.29 is 9.53 Å². The van der Waals surface area contributed by atoms with Crippen molar-refractivity contribution in [1.29, 1.82) is 0 Å². The number of nitrogen functional groups attached to an aromatic ring is 1. The Morgan fingerprint density at radius 2 is 2.11 bits per heavy atom. The number of carbonyl (C=O) groups is 1. The summed E-state index contributed by atoms with van der Waals surface area (Å²) >= 11 is 6.13. The SMILES string of the molecule is CCOC(=O)c1cc(N)c(N2CCCC2)cc1Cl. The van der Waals surface area contributed by atoms with E-state index in [4.69, 9.17) is 22.1 Å². The van der Waals surface area contributed by atoms with Gasteiger partial charge in [0.25, 0.3) is 0 Å². The molecule has 2 N–H and O–H groups in total. The van der Waals surface area contributed by atoms with Crippen molar-refractivity contribution in [3.63, 3.8) is 0 Å². The minimum Gasteiger partial charge on any atom is -0.462 e. The third-order valence-corrected chi connectivity index (χ3v) is 3.37. The van der Waals surface area contributed by atoms with Crippen molar-refractivity contribution in [3.8, 4) is 0 Å². The zero-order chi connectivity index (χ0) is 13.1. The summed E-state index contributed by atoms with van der Waals surface area (Å²) in [4.78, 5) is 13.9. The lowest BCUT2D eigenvalue weighted by Gasteiger charge is -2.20. The minimum absolute atomic E-state index is 0.322. The van der Waals surface area contributed by atoms with Crippen LogP contribution in [0, 0.1) is 0 Å². The van der Waals surface area contributed by atoms with Crippen LogP contribution in [0.1, 0.15) is 30.1 Å². The number of hydrogen-bond acceptors (Lipinski definition) is 4. The first-order valence-corrected chi connectivity index (χ1v) is 6.52. The van der Waals surface area contributed by atoms with Crippen LogP contribution in [0.3, 0.4) is 0 Å². The standard InChI is InChI=1S/C13H17ClN2O2/c1-2-18-13(17)9-7-11(15)12(8-10(9)14)16-5-3-4-6-16/h7-8H,2-6,15H2,1H3. The Labute approximate surface area is 112 Å². The second-order valence-electron chi connectivity index (χ2n) is 4.31. The van der Waals surface area contributed by atoms with Gasteiger partial charge in [-0.05, 0) is 31.9 Å². The Bertz CT molecular complexity index is 457. The van der Waals surface area contributed by atoms with Crippen molar-refractivity contribution in [3.05, 3.63) is 22.7 Å². The summed E-state index contributed by atoms with van der Waals surface area (Å²) < 4.78 is 4.94. The van der Waals surface area contributed by atoms with Crippen LogP contribution in [0.25, 0.3) is 0 Å². The maximum atomic E-state index is 11.7. The highest BCUT2D eigenvalue weighted by atomic mass is 35.5. The molecule has 4 nitrogen and oxygen atoms in total. The van der Waals surface area contributed by atoms with Crippen molar-refractivity contribution in [1.82, 2.24) is 0 Å². The van der Waals surface area contributed by atoms with Gasteiger partial charge in [0, 0.05) is 13.1 Å². The van der Waals surface area contributed by atoms with Gasteiger partial charge >= 0.3 is 5.97 Å². The molecule has 0 unspecified atom stereocenters. The number of nitrogens with zero attached hydrogens (tertiary/aromatic N) is 1. The predicted octanol–water partition coefficient (Wildman–Crippen LogP) is 2.70. The molecule has 1 heterocycles. The fraction of sp³-hybridized carbons (Fsp3) is 0.462. The summed E-state index contributed by atoms with van der Waals surface area (Å²) in [7, 11) is 0. The summed E-state index contributed by atoms with van der Waals surface area (Å²) in [6.07, 6.45) is 2.33. The van der Waals surface area contributed by atoms with Gasteiger partial charge in [-0.3, -0.25) is 0 Å². The Morgan fingerprint density at radius 3 is 2.72 bits per heavy atom. The summed E-state index contributed by atoms with van der Waals surface area (Å²) in [5, 5.41) is 0.393. The van der Waals surface area contributed by atoms with E-state index in [1.54, 1.807) is 19.1 Å². The van der Waals surface area contributed by atoms with E-state index in [0.29, 0.717) is 22.9 Å². The van der Waals surface area contributed by atoms with Gasteiger partial charge in [-0.25, -0.2) is 4.79 Å². The molecule has 0 aromatic heterocycles. The van der Waals surface area contributed by atoms with Crippen molar-refractivity contribution in [2.24, 2.45) is 0 Å². The number of esters is 1. The van der Waals surface area contributed by atoms with Gasteiger partial charge in [-0.15, -0.1) is 0 Å². The quantitative estimate of drug-likeness (QED) is 0.676. The Morgan fingerprint density at radius 1 is 1.44 bits per heavy atom. The van der Waals surface area contributed by atoms with E-state index in [9.17, 15) is 4.79 Å². The van der Waals surface area contributed by atoms with Gasteiger partial charge in [-0.1, -0.05) is 11.6 Å².